The number of hydrogen-bond donors (Lipinski definition) is 6. The monoisotopic (exact) mass is 1050 g/mol. The lowest BCUT2D eigenvalue weighted by molar-refractivity contribution is -0.302. The fourth-order valence-electron chi connectivity index (χ4n) is 9.10. The number of hydrogen-bond acceptors (Lipinski definition) is 8. The van der Waals surface area contributed by atoms with E-state index in [4.69, 9.17) is 9.47 Å². The normalized spacial score (nSPS) is 19.7. The van der Waals surface area contributed by atoms with Crippen molar-refractivity contribution in [1.82, 2.24) is 5.32 Å². The molecule has 0 aromatic rings. The van der Waals surface area contributed by atoms with Gasteiger partial charge in [0.05, 0.1) is 25.4 Å². The molecule has 1 aliphatic rings. The van der Waals surface area contributed by atoms with E-state index in [-0.39, 0.29) is 18.9 Å². The van der Waals surface area contributed by atoms with Gasteiger partial charge in [0.1, 0.15) is 24.4 Å². The summed E-state index contributed by atoms with van der Waals surface area (Å²) in [5, 5.41) is 54.7. The quantitative estimate of drug-likeness (QED) is 0.0261. The Labute approximate surface area is 459 Å². The van der Waals surface area contributed by atoms with Crippen LogP contribution in [0.3, 0.4) is 0 Å². The molecule has 0 aliphatic carbocycles. The SMILES string of the molecule is CC/C=C\C/C=C\C/C=C\C/C=C\C/C=C\C/C=C\C/C=C\C/C=C\C/C=C\CCCC(=O)NC(COC1OC(CO)C(O)C(O)C1O)C(O)CCCCCCCCCCCCCCCCCCCCCCCCC. The number of carbonyl (C=O) groups excluding carboxylic acids is 1. The summed E-state index contributed by atoms with van der Waals surface area (Å²) in [4.78, 5) is 13.1. The van der Waals surface area contributed by atoms with E-state index < -0.39 is 49.5 Å². The van der Waals surface area contributed by atoms with Gasteiger partial charge >= 0.3 is 0 Å². The van der Waals surface area contributed by atoms with Crippen molar-refractivity contribution >= 4 is 5.91 Å². The lowest BCUT2D eigenvalue weighted by atomic mass is 9.99. The minimum atomic E-state index is -1.57. The largest absolute Gasteiger partial charge is 0.394 e. The molecule has 1 fully saturated rings. The van der Waals surface area contributed by atoms with Crippen LogP contribution in [0.1, 0.15) is 245 Å². The molecule has 7 unspecified atom stereocenters. The highest BCUT2D eigenvalue weighted by Gasteiger charge is 2.44. The van der Waals surface area contributed by atoms with Gasteiger partial charge in [0.15, 0.2) is 6.29 Å². The van der Waals surface area contributed by atoms with Gasteiger partial charge in [-0.2, -0.15) is 0 Å². The molecule has 1 saturated heterocycles. The van der Waals surface area contributed by atoms with Crippen molar-refractivity contribution in [2.75, 3.05) is 13.2 Å². The molecule has 0 radical (unpaired) electrons. The summed E-state index contributed by atoms with van der Waals surface area (Å²) in [5.41, 5.74) is 0. The van der Waals surface area contributed by atoms with Crippen molar-refractivity contribution < 1.29 is 39.8 Å². The van der Waals surface area contributed by atoms with Crippen LogP contribution >= 0.6 is 0 Å². The molecular weight excluding hydrogens is 935 g/mol. The van der Waals surface area contributed by atoms with Gasteiger partial charge in [-0.1, -0.05) is 271 Å². The molecule has 0 spiro atoms. The Kier molecular flexibility index (Phi) is 50.5. The maximum Gasteiger partial charge on any atom is 0.220 e. The molecule has 6 N–H and O–H groups in total. The number of amides is 1. The van der Waals surface area contributed by atoms with Crippen LogP contribution in [-0.2, 0) is 14.3 Å². The summed E-state index contributed by atoms with van der Waals surface area (Å²) in [6.45, 7) is 3.70. The van der Waals surface area contributed by atoms with Crippen LogP contribution in [-0.4, -0.2) is 87.5 Å². The zero-order chi connectivity index (χ0) is 54.3. The van der Waals surface area contributed by atoms with Crippen LogP contribution in [0.25, 0.3) is 0 Å². The minimum Gasteiger partial charge on any atom is -0.394 e. The first kappa shape index (κ1) is 69.9. The first-order valence-electron chi connectivity index (χ1n) is 30.6. The molecule has 1 rings (SSSR count). The summed E-state index contributed by atoms with van der Waals surface area (Å²) in [5.74, 6) is -0.204. The number of aliphatic hydroxyl groups is 5. The standard InChI is InChI=1S/C66H113NO8/c1-3-5-7-9-11-13-15-17-19-21-23-25-27-28-29-30-31-32-34-36-38-40-42-44-46-48-50-52-54-56-62(70)67-59(58-74-66-65(73)64(72)63(71)61(57-68)75-66)60(69)55-53-51-49-47-45-43-41-39-37-35-33-26-24-22-20-18-16-14-12-10-8-6-4-2/h5,7,11,13,17,19,23,25,28-29,31-32,36,38,42,44,48,50,59-61,63-66,68-69,71-73H,3-4,6,8-10,12,14-16,18,20-22,24,26-27,30,33-35,37,39-41,43,45-47,49,51-58H2,1-2H3,(H,67,70)/b7-5-,13-11-,19-17-,25-23-,29-28-,32-31-,38-36-,44-42-,50-48-. The Hall–Kier alpha value is -3.15. The Balaban J connectivity index is 2.26. The van der Waals surface area contributed by atoms with Gasteiger partial charge in [0.2, 0.25) is 5.91 Å². The van der Waals surface area contributed by atoms with Gasteiger partial charge in [-0.3, -0.25) is 4.79 Å². The molecule has 7 atom stereocenters. The van der Waals surface area contributed by atoms with Gasteiger partial charge < -0.3 is 40.3 Å². The predicted molar refractivity (Wildman–Crippen MR) is 317 cm³/mol. The van der Waals surface area contributed by atoms with Crippen molar-refractivity contribution in [2.45, 2.75) is 288 Å². The van der Waals surface area contributed by atoms with Crippen molar-refractivity contribution in [3.8, 4) is 0 Å². The lowest BCUT2D eigenvalue weighted by Gasteiger charge is -2.40. The van der Waals surface area contributed by atoms with Gasteiger partial charge in [0, 0.05) is 6.42 Å². The zero-order valence-electron chi connectivity index (χ0n) is 47.8. The Bertz CT molecular complexity index is 1540. The van der Waals surface area contributed by atoms with E-state index in [0.717, 1.165) is 83.5 Å². The number of carbonyl (C=O) groups is 1. The minimum absolute atomic E-state index is 0.168. The maximum absolute atomic E-state index is 13.1. The van der Waals surface area contributed by atoms with Crippen molar-refractivity contribution in [3.63, 3.8) is 0 Å². The van der Waals surface area contributed by atoms with Crippen LogP contribution in [0.15, 0.2) is 109 Å². The molecule has 0 aromatic heterocycles. The molecular formula is C66H113NO8. The van der Waals surface area contributed by atoms with Crippen LogP contribution in [0, 0.1) is 0 Å². The van der Waals surface area contributed by atoms with Crippen LogP contribution < -0.4 is 5.32 Å². The number of nitrogens with one attached hydrogen (secondary N) is 1. The van der Waals surface area contributed by atoms with Crippen molar-refractivity contribution in [2.24, 2.45) is 0 Å². The van der Waals surface area contributed by atoms with E-state index in [2.05, 4.69) is 129 Å². The average molecular weight is 1050 g/mol. The summed E-state index contributed by atoms with van der Waals surface area (Å²) >= 11 is 0. The molecule has 0 aromatic carbocycles. The Morgan fingerprint density at radius 2 is 0.813 bits per heavy atom. The third-order valence-corrected chi connectivity index (χ3v) is 13.9. The van der Waals surface area contributed by atoms with E-state index in [1.165, 1.54) is 128 Å². The van der Waals surface area contributed by atoms with E-state index >= 15 is 0 Å². The number of unbranched alkanes of at least 4 members (excludes halogenated alkanes) is 23. The number of ether oxygens (including phenoxy) is 2. The summed E-state index contributed by atoms with van der Waals surface area (Å²) < 4.78 is 11.3. The first-order chi connectivity index (χ1) is 36.8. The van der Waals surface area contributed by atoms with Crippen molar-refractivity contribution in [1.29, 1.82) is 0 Å². The summed E-state index contributed by atoms with van der Waals surface area (Å²) in [7, 11) is 0. The van der Waals surface area contributed by atoms with Crippen molar-refractivity contribution in [3.05, 3.63) is 109 Å². The number of allylic oxidation sites excluding steroid dienone is 18. The van der Waals surface area contributed by atoms with E-state index in [1.54, 1.807) is 0 Å². The number of rotatable bonds is 51. The molecule has 430 valence electrons. The molecule has 0 bridgehead atoms. The lowest BCUT2D eigenvalue weighted by Crippen LogP contribution is -2.60. The van der Waals surface area contributed by atoms with E-state index in [1.807, 2.05) is 0 Å². The second kappa shape index (κ2) is 54.2. The molecule has 75 heavy (non-hydrogen) atoms. The molecule has 9 nitrogen and oxygen atoms in total. The van der Waals surface area contributed by atoms with Gasteiger partial charge in [-0.05, 0) is 77.0 Å². The second-order valence-electron chi connectivity index (χ2n) is 20.8. The maximum atomic E-state index is 13.1. The van der Waals surface area contributed by atoms with Crippen LogP contribution in [0.5, 0.6) is 0 Å². The third-order valence-electron chi connectivity index (χ3n) is 13.9. The molecule has 0 saturated carbocycles. The second-order valence-corrected chi connectivity index (χ2v) is 20.8. The fraction of sp³-hybridized carbons (Fsp3) is 0.712. The third kappa shape index (κ3) is 43.5. The highest BCUT2D eigenvalue weighted by molar-refractivity contribution is 5.76. The summed E-state index contributed by atoms with van der Waals surface area (Å²) in [6.07, 6.45) is 72.7. The van der Waals surface area contributed by atoms with Gasteiger partial charge in [-0.15, -0.1) is 0 Å². The molecule has 1 heterocycles. The van der Waals surface area contributed by atoms with Crippen LogP contribution in [0.2, 0.25) is 0 Å². The number of aliphatic hydroxyl groups excluding tert-OH is 5. The highest BCUT2D eigenvalue weighted by atomic mass is 16.7. The Morgan fingerprint density at radius 3 is 1.17 bits per heavy atom. The van der Waals surface area contributed by atoms with Gasteiger partial charge in [0.25, 0.3) is 0 Å². The van der Waals surface area contributed by atoms with E-state index in [0.29, 0.717) is 12.8 Å². The van der Waals surface area contributed by atoms with Gasteiger partial charge in [-0.25, -0.2) is 0 Å². The van der Waals surface area contributed by atoms with Crippen LogP contribution in [0.4, 0.5) is 0 Å². The highest BCUT2D eigenvalue weighted by Crippen LogP contribution is 2.23. The van der Waals surface area contributed by atoms with E-state index in [9.17, 15) is 30.3 Å². The molecule has 1 aliphatic heterocycles. The molecule has 9 heteroatoms. The summed E-state index contributed by atoms with van der Waals surface area (Å²) in [6, 6.07) is -0.759. The average Bonchev–Trinajstić information content (AvgIpc) is 3.41. The topological polar surface area (TPSA) is 149 Å². The Morgan fingerprint density at radius 1 is 0.467 bits per heavy atom. The smallest absolute Gasteiger partial charge is 0.220 e. The first-order valence-corrected chi connectivity index (χ1v) is 30.6. The fourth-order valence-corrected chi connectivity index (χ4v) is 9.10. The zero-order valence-corrected chi connectivity index (χ0v) is 47.8. The molecule has 1 amide bonds. The predicted octanol–water partition coefficient (Wildman–Crippen LogP) is 15.7.